The summed E-state index contributed by atoms with van der Waals surface area (Å²) in [6.07, 6.45) is 7.40. The minimum Gasteiger partial charge on any atom is -0.370 e. The predicted octanol–water partition coefficient (Wildman–Crippen LogP) is 1.82. The van der Waals surface area contributed by atoms with E-state index < -0.39 is 12.1 Å². The lowest BCUT2D eigenvalue weighted by Gasteiger charge is -2.21. The number of ketones is 1. The summed E-state index contributed by atoms with van der Waals surface area (Å²) in [7, 11) is 4.18. The average molecular weight is 464 g/mol. The number of nitrogens with two attached hydrogens (primary N) is 3. The van der Waals surface area contributed by atoms with Crippen molar-refractivity contribution in [2.45, 2.75) is 84.6 Å². The molecule has 184 valence electrons. The van der Waals surface area contributed by atoms with Gasteiger partial charge in [0.05, 0.1) is 6.04 Å². The molecule has 0 radical (unpaired) electrons. The fraction of sp³-hybridized carbons (Fsp3) is 0.810. The van der Waals surface area contributed by atoms with E-state index >= 15 is 0 Å². The molecule has 0 spiro atoms. The van der Waals surface area contributed by atoms with Crippen LogP contribution in [-0.4, -0.2) is 49.4 Å². The number of hydrogen-bond donors (Lipinski definition) is 5. The molecular formula is C21H46N5O4P. The molecule has 10 heteroatoms. The fourth-order valence-corrected chi connectivity index (χ4v) is 2.76. The van der Waals surface area contributed by atoms with Gasteiger partial charge in [-0.15, -0.1) is 9.24 Å². The lowest BCUT2D eigenvalue weighted by atomic mass is 9.95. The van der Waals surface area contributed by atoms with E-state index in [1.165, 1.54) is 7.05 Å². The minimum atomic E-state index is -0.443. The van der Waals surface area contributed by atoms with E-state index in [1.54, 1.807) is 0 Å². The Hall–Kier alpha value is -1.73. The number of rotatable bonds is 15. The monoisotopic (exact) mass is 463 g/mol. The molecule has 2 unspecified atom stereocenters. The van der Waals surface area contributed by atoms with E-state index in [2.05, 4.69) is 25.6 Å². The topological polar surface area (TPSA) is 170 Å². The van der Waals surface area contributed by atoms with E-state index in [1.807, 2.05) is 20.8 Å². The summed E-state index contributed by atoms with van der Waals surface area (Å²) < 4.78 is 0. The van der Waals surface area contributed by atoms with Gasteiger partial charge in [0.25, 0.3) is 0 Å². The van der Waals surface area contributed by atoms with Crippen molar-refractivity contribution in [3.63, 3.8) is 0 Å². The van der Waals surface area contributed by atoms with Crippen LogP contribution >= 0.6 is 9.24 Å². The van der Waals surface area contributed by atoms with Crippen molar-refractivity contribution in [2.24, 2.45) is 23.1 Å². The molecular weight excluding hydrogens is 417 g/mol. The predicted molar refractivity (Wildman–Crippen MR) is 130 cm³/mol. The quantitative estimate of drug-likeness (QED) is 0.184. The first-order valence-corrected chi connectivity index (χ1v) is 11.9. The number of nitrogens with one attached hydrogen (secondary N) is 2. The number of unbranched alkanes of at least 4 members (excludes halogenated alkanes) is 3. The van der Waals surface area contributed by atoms with Gasteiger partial charge in [-0.3, -0.25) is 14.4 Å². The Morgan fingerprint density at radius 3 is 1.84 bits per heavy atom. The molecule has 31 heavy (non-hydrogen) atoms. The number of carbonyl (C=O) groups excluding carboxylic acids is 4. The van der Waals surface area contributed by atoms with Crippen molar-refractivity contribution in [2.75, 3.05) is 19.8 Å². The van der Waals surface area contributed by atoms with E-state index in [0.717, 1.165) is 31.8 Å². The van der Waals surface area contributed by atoms with Crippen molar-refractivity contribution in [3.05, 3.63) is 0 Å². The smallest absolute Gasteiger partial charge is 0.312 e. The summed E-state index contributed by atoms with van der Waals surface area (Å²) in [5.74, 6) is -0.281. The third-order valence-corrected chi connectivity index (χ3v) is 4.49. The first-order valence-electron chi connectivity index (χ1n) is 11.1. The van der Waals surface area contributed by atoms with Crippen molar-refractivity contribution >= 4 is 32.9 Å². The minimum absolute atomic E-state index is 0.0396. The van der Waals surface area contributed by atoms with Crippen LogP contribution < -0.4 is 27.8 Å². The number of carbonyl (C=O) groups is 4. The standard InChI is InChI=1S/C16H31N2O3P.C4H10N2O.CH5N/c1-12(2)16(13(19)8-5-6-9-14(17)20)18-15(21)10-4-3-7-11-22;1-2-3-6-4(5)7;1-2/h12,16H,3-11,22H2,1-2H3,(H2,17,20)(H,18,21);2-3H2,1H3,(H3,5,6,7);2H2,1H3. The van der Waals surface area contributed by atoms with Gasteiger partial charge in [0.15, 0.2) is 5.78 Å². The SMILES string of the molecule is CC(C)C(NC(=O)CCCCCP)C(=O)CCCCC(N)=O.CCCNC(N)=O.CN. The second-order valence-electron chi connectivity index (χ2n) is 7.32. The Morgan fingerprint density at radius 1 is 0.871 bits per heavy atom. The Kier molecular flexibility index (Phi) is 26.8. The summed E-state index contributed by atoms with van der Waals surface area (Å²) in [6, 6.07) is -0.871. The van der Waals surface area contributed by atoms with Gasteiger partial charge in [-0.1, -0.05) is 27.2 Å². The largest absolute Gasteiger partial charge is 0.370 e. The van der Waals surface area contributed by atoms with Crippen molar-refractivity contribution in [1.29, 1.82) is 0 Å². The third-order valence-electron chi connectivity index (χ3n) is 4.08. The van der Waals surface area contributed by atoms with Crippen LogP contribution in [0.5, 0.6) is 0 Å². The maximum absolute atomic E-state index is 12.2. The molecule has 4 amide bonds. The third kappa shape index (κ3) is 26.2. The average Bonchev–Trinajstić information content (AvgIpc) is 2.72. The normalized spacial score (nSPS) is 10.7. The molecule has 0 saturated carbocycles. The zero-order valence-corrected chi connectivity index (χ0v) is 21.0. The van der Waals surface area contributed by atoms with E-state index in [0.29, 0.717) is 38.6 Å². The number of amides is 4. The number of primary amides is 2. The molecule has 9 nitrogen and oxygen atoms in total. The van der Waals surface area contributed by atoms with Gasteiger partial charge in [0.1, 0.15) is 0 Å². The van der Waals surface area contributed by atoms with Crippen LogP contribution in [0.4, 0.5) is 4.79 Å². The first-order chi connectivity index (χ1) is 14.6. The van der Waals surface area contributed by atoms with Crippen molar-refractivity contribution < 1.29 is 19.2 Å². The zero-order chi connectivity index (χ0) is 24.7. The van der Waals surface area contributed by atoms with Gasteiger partial charge in [0, 0.05) is 25.8 Å². The fourth-order valence-electron chi connectivity index (χ4n) is 2.47. The lowest BCUT2D eigenvalue weighted by molar-refractivity contribution is -0.129. The molecule has 2 atom stereocenters. The lowest BCUT2D eigenvalue weighted by Crippen LogP contribution is -2.44. The molecule has 0 rings (SSSR count). The zero-order valence-electron chi connectivity index (χ0n) is 19.9. The van der Waals surface area contributed by atoms with Crippen LogP contribution in [0.25, 0.3) is 0 Å². The van der Waals surface area contributed by atoms with Gasteiger partial charge in [-0.25, -0.2) is 4.79 Å². The van der Waals surface area contributed by atoms with E-state index in [-0.39, 0.29) is 23.5 Å². The maximum atomic E-state index is 12.2. The highest BCUT2D eigenvalue weighted by Gasteiger charge is 2.23. The van der Waals surface area contributed by atoms with E-state index in [9.17, 15) is 19.2 Å². The van der Waals surface area contributed by atoms with Crippen LogP contribution in [0.15, 0.2) is 0 Å². The summed E-state index contributed by atoms with van der Waals surface area (Å²) >= 11 is 0. The van der Waals surface area contributed by atoms with Gasteiger partial charge >= 0.3 is 6.03 Å². The Balaban J connectivity index is -0.000000733. The van der Waals surface area contributed by atoms with Gasteiger partial charge in [-0.2, -0.15) is 0 Å². The second-order valence-corrected chi connectivity index (χ2v) is 7.90. The second kappa shape index (κ2) is 24.5. The highest BCUT2D eigenvalue weighted by atomic mass is 31.0. The van der Waals surface area contributed by atoms with Gasteiger partial charge < -0.3 is 27.8 Å². The van der Waals surface area contributed by atoms with Crippen LogP contribution in [-0.2, 0) is 14.4 Å². The molecule has 0 aromatic rings. The van der Waals surface area contributed by atoms with Gasteiger partial charge in [0.2, 0.25) is 11.8 Å². The number of Topliss-reactive ketones (excluding diaryl/α,β-unsaturated/α-hetero) is 1. The maximum Gasteiger partial charge on any atom is 0.312 e. The van der Waals surface area contributed by atoms with E-state index in [4.69, 9.17) is 11.5 Å². The molecule has 0 heterocycles. The molecule has 0 aliphatic heterocycles. The summed E-state index contributed by atoms with van der Waals surface area (Å²) in [5, 5.41) is 5.29. The Labute approximate surface area is 190 Å². The molecule has 0 bridgehead atoms. The molecule has 0 aromatic heterocycles. The summed E-state index contributed by atoms with van der Waals surface area (Å²) in [4.78, 5) is 44.6. The first kappa shape index (κ1) is 33.9. The van der Waals surface area contributed by atoms with Crippen LogP contribution in [0.1, 0.15) is 78.6 Å². The molecule has 0 aliphatic rings. The molecule has 0 aliphatic carbocycles. The summed E-state index contributed by atoms with van der Waals surface area (Å²) in [5.41, 5.74) is 14.3. The Bertz CT molecular complexity index is 490. The summed E-state index contributed by atoms with van der Waals surface area (Å²) in [6.45, 7) is 6.51. The molecule has 0 aromatic carbocycles. The van der Waals surface area contributed by atoms with Crippen LogP contribution in [0.2, 0.25) is 0 Å². The van der Waals surface area contributed by atoms with Gasteiger partial charge in [-0.05, 0) is 51.2 Å². The number of urea groups is 1. The van der Waals surface area contributed by atoms with Crippen molar-refractivity contribution in [1.82, 2.24) is 10.6 Å². The van der Waals surface area contributed by atoms with Crippen LogP contribution in [0, 0.1) is 5.92 Å². The highest BCUT2D eigenvalue weighted by Crippen LogP contribution is 2.10. The van der Waals surface area contributed by atoms with Crippen molar-refractivity contribution in [3.8, 4) is 0 Å². The molecule has 8 N–H and O–H groups in total. The highest BCUT2D eigenvalue weighted by molar-refractivity contribution is 7.16. The Morgan fingerprint density at radius 2 is 1.42 bits per heavy atom. The number of hydrogen-bond acceptors (Lipinski definition) is 5. The van der Waals surface area contributed by atoms with Crippen LogP contribution in [0.3, 0.4) is 0 Å². The molecule has 0 fully saturated rings. The molecule has 0 saturated heterocycles.